The molecule has 5 heteroatoms. The quantitative estimate of drug-likeness (QED) is 0.652. The number of esters is 1. The molecule has 0 fully saturated rings. The maximum absolute atomic E-state index is 12.5. The van der Waals surface area contributed by atoms with Gasteiger partial charge in [-0.1, -0.05) is 55.0 Å². The van der Waals surface area contributed by atoms with Gasteiger partial charge in [-0.05, 0) is 38.0 Å². The normalized spacial score (nSPS) is 11.8. The van der Waals surface area contributed by atoms with Crippen LogP contribution in [0, 0.1) is 13.8 Å². The fraction of sp³-hybridized carbons (Fsp3) is 0.261. The van der Waals surface area contributed by atoms with Gasteiger partial charge in [-0.15, -0.1) is 0 Å². The summed E-state index contributed by atoms with van der Waals surface area (Å²) < 4.78 is 5.27. The van der Waals surface area contributed by atoms with Crippen LogP contribution in [0.1, 0.15) is 46.6 Å². The van der Waals surface area contributed by atoms with Crippen molar-refractivity contribution in [3.8, 4) is 0 Å². The van der Waals surface area contributed by atoms with Gasteiger partial charge in [-0.2, -0.15) is 0 Å². The maximum Gasteiger partial charge on any atom is 0.339 e. The highest BCUT2D eigenvalue weighted by Gasteiger charge is 2.17. The van der Waals surface area contributed by atoms with Crippen LogP contribution >= 0.6 is 0 Å². The molecular weight excluding hydrogens is 352 g/mol. The highest BCUT2D eigenvalue weighted by molar-refractivity contribution is 6.04. The topological polar surface area (TPSA) is 68.3 Å². The molecule has 3 rings (SSSR count). The Balaban J connectivity index is 1.66. The number of carbonyl (C=O) groups is 2. The predicted octanol–water partition coefficient (Wildman–Crippen LogP) is 4.28. The predicted molar refractivity (Wildman–Crippen MR) is 109 cm³/mol. The van der Waals surface area contributed by atoms with Crippen LogP contribution < -0.4 is 5.32 Å². The first-order valence-corrected chi connectivity index (χ1v) is 9.37. The third kappa shape index (κ3) is 4.55. The van der Waals surface area contributed by atoms with E-state index in [0.29, 0.717) is 10.9 Å². The summed E-state index contributed by atoms with van der Waals surface area (Å²) in [6, 6.07) is 17.0. The van der Waals surface area contributed by atoms with Crippen LogP contribution in [0.2, 0.25) is 0 Å². The van der Waals surface area contributed by atoms with E-state index < -0.39 is 5.97 Å². The Labute approximate surface area is 164 Å². The lowest BCUT2D eigenvalue weighted by molar-refractivity contribution is -0.125. The maximum atomic E-state index is 12.5. The minimum atomic E-state index is -0.528. The van der Waals surface area contributed by atoms with Gasteiger partial charge < -0.3 is 10.1 Å². The van der Waals surface area contributed by atoms with Gasteiger partial charge in [-0.3, -0.25) is 9.78 Å². The van der Waals surface area contributed by atoms with E-state index in [0.717, 1.165) is 23.2 Å². The van der Waals surface area contributed by atoms with E-state index in [9.17, 15) is 9.59 Å². The van der Waals surface area contributed by atoms with Crippen molar-refractivity contribution in [2.75, 3.05) is 6.61 Å². The summed E-state index contributed by atoms with van der Waals surface area (Å²) in [6.45, 7) is 5.52. The number of benzene rings is 2. The molecule has 1 N–H and O–H groups in total. The summed E-state index contributed by atoms with van der Waals surface area (Å²) in [5.41, 5.74) is 4.06. The molecule has 1 atom stereocenters. The number of nitrogens with one attached hydrogen (secondary N) is 1. The second-order valence-electron chi connectivity index (χ2n) is 6.84. The van der Waals surface area contributed by atoms with Crippen molar-refractivity contribution in [3.63, 3.8) is 0 Å². The van der Waals surface area contributed by atoms with Gasteiger partial charge in [0.25, 0.3) is 5.91 Å². The lowest BCUT2D eigenvalue weighted by atomic mass is 10.0. The molecule has 28 heavy (non-hydrogen) atoms. The fourth-order valence-electron chi connectivity index (χ4n) is 3.14. The van der Waals surface area contributed by atoms with Crippen LogP contribution in [0.3, 0.4) is 0 Å². The van der Waals surface area contributed by atoms with Crippen molar-refractivity contribution in [2.45, 2.75) is 33.2 Å². The van der Waals surface area contributed by atoms with Crippen LogP contribution in [0.5, 0.6) is 0 Å². The Hall–Kier alpha value is -3.21. The Morgan fingerprint density at radius 3 is 2.50 bits per heavy atom. The molecule has 0 spiro atoms. The Bertz CT molecular complexity index is 996. The molecule has 0 aliphatic carbocycles. The number of para-hydroxylation sites is 1. The molecule has 0 bridgehead atoms. The molecule has 3 aromatic rings. The lowest BCUT2D eigenvalue weighted by Gasteiger charge is -2.18. The molecule has 0 saturated carbocycles. The smallest absolute Gasteiger partial charge is 0.339 e. The molecule has 0 aliphatic rings. The second kappa shape index (κ2) is 8.65. The van der Waals surface area contributed by atoms with Gasteiger partial charge in [0.05, 0.1) is 17.1 Å². The Morgan fingerprint density at radius 2 is 1.79 bits per heavy atom. The number of rotatable bonds is 6. The number of amides is 1. The van der Waals surface area contributed by atoms with Crippen molar-refractivity contribution in [1.82, 2.24) is 10.3 Å². The minimum Gasteiger partial charge on any atom is -0.452 e. The van der Waals surface area contributed by atoms with Crippen molar-refractivity contribution >= 4 is 22.8 Å². The second-order valence-corrected chi connectivity index (χ2v) is 6.84. The highest BCUT2D eigenvalue weighted by atomic mass is 16.5. The van der Waals surface area contributed by atoms with Gasteiger partial charge in [0.2, 0.25) is 0 Å². The number of pyridine rings is 1. The number of aryl methyl sites for hydroxylation is 2. The van der Waals surface area contributed by atoms with Crippen LogP contribution in [0.25, 0.3) is 10.9 Å². The molecule has 2 aromatic carbocycles. The monoisotopic (exact) mass is 376 g/mol. The standard InChI is InChI=1S/C23H24N2O3/c1-4-20(17-11-9-15(2)10-12-17)25-22(26)14-28-23(27)19-13-16(3)24-21-8-6-5-7-18(19)21/h5-13,20H,4,14H2,1-3H3,(H,25,26)/t20-/m1/s1. The van der Waals surface area contributed by atoms with E-state index in [1.807, 2.05) is 69.3 Å². The number of nitrogens with zero attached hydrogens (tertiary/aromatic N) is 1. The Morgan fingerprint density at radius 1 is 1.07 bits per heavy atom. The number of hydrogen-bond acceptors (Lipinski definition) is 4. The van der Waals surface area contributed by atoms with Crippen molar-refractivity contribution in [3.05, 3.63) is 77.0 Å². The zero-order valence-electron chi connectivity index (χ0n) is 16.4. The average Bonchev–Trinajstić information content (AvgIpc) is 2.70. The van der Waals surface area contributed by atoms with Crippen LogP contribution in [0.4, 0.5) is 0 Å². The summed E-state index contributed by atoms with van der Waals surface area (Å²) in [6.07, 6.45) is 0.747. The van der Waals surface area contributed by atoms with Crippen LogP contribution in [-0.4, -0.2) is 23.5 Å². The largest absolute Gasteiger partial charge is 0.452 e. The SMILES string of the molecule is CC[C@@H](NC(=O)COC(=O)c1cc(C)nc2ccccc12)c1ccc(C)cc1. The minimum absolute atomic E-state index is 0.115. The number of ether oxygens (including phenoxy) is 1. The summed E-state index contributed by atoms with van der Waals surface area (Å²) in [5, 5.41) is 3.64. The molecule has 144 valence electrons. The van der Waals surface area contributed by atoms with Crippen molar-refractivity contribution < 1.29 is 14.3 Å². The van der Waals surface area contributed by atoms with Gasteiger partial charge in [0.15, 0.2) is 6.61 Å². The summed E-state index contributed by atoms with van der Waals surface area (Å²) in [4.78, 5) is 29.3. The first kappa shape index (κ1) is 19.5. The molecule has 1 aromatic heterocycles. The van der Waals surface area contributed by atoms with Crippen molar-refractivity contribution in [1.29, 1.82) is 0 Å². The first-order valence-electron chi connectivity index (χ1n) is 9.37. The lowest BCUT2D eigenvalue weighted by Crippen LogP contribution is -2.32. The van der Waals surface area contributed by atoms with E-state index in [-0.39, 0.29) is 18.6 Å². The van der Waals surface area contributed by atoms with E-state index in [2.05, 4.69) is 10.3 Å². The Kier molecular flexibility index (Phi) is 6.04. The fourth-order valence-corrected chi connectivity index (χ4v) is 3.14. The van der Waals surface area contributed by atoms with E-state index >= 15 is 0 Å². The molecule has 0 radical (unpaired) electrons. The molecule has 0 saturated heterocycles. The molecular formula is C23H24N2O3. The molecule has 5 nitrogen and oxygen atoms in total. The van der Waals surface area contributed by atoms with Crippen LogP contribution in [-0.2, 0) is 9.53 Å². The van der Waals surface area contributed by atoms with E-state index in [1.54, 1.807) is 6.07 Å². The third-order valence-electron chi connectivity index (χ3n) is 4.62. The van der Waals surface area contributed by atoms with Gasteiger partial charge in [0.1, 0.15) is 0 Å². The van der Waals surface area contributed by atoms with Gasteiger partial charge >= 0.3 is 5.97 Å². The highest BCUT2D eigenvalue weighted by Crippen LogP contribution is 2.20. The average molecular weight is 376 g/mol. The number of aromatic nitrogens is 1. The number of hydrogen-bond donors (Lipinski definition) is 1. The first-order chi connectivity index (χ1) is 13.5. The third-order valence-corrected chi connectivity index (χ3v) is 4.62. The summed E-state index contributed by atoms with van der Waals surface area (Å²) >= 11 is 0. The van der Waals surface area contributed by atoms with Crippen molar-refractivity contribution in [2.24, 2.45) is 0 Å². The zero-order chi connectivity index (χ0) is 20.1. The molecule has 0 unspecified atom stereocenters. The molecule has 1 heterocycles. The molecule has 0 aliphatic heterocycles. The number of carbonyl (C=O) groups excluding carboxylic acids is 2. The van der Waals surface area contributed by atoms with E-state index in [1.165, 1.54) is 5.56 Å². The summed E-state index contributed by atoms with van der Waals surface area (Å²) in [7, 11) is 0. The molecule has 1 amide bonds. The summed E-state index contributed by atoms with van der Waals surface area (Å²) in [5.74, 6) is -0.851. The van der Waals surface area contributed by atoms with Gasteiger partial charge in [-0.25, -0.2) is 4.79 Å². The number of fused-ring (bicyclic) bond motifs is 1. The van der Waals surface area contributed by atoms with E-state index in [4.69, 9.17) is 4.74 Å². The zero-order valence-corrected chi connectivity index (χ0v) is 16.4. The van der Waals surface area contributed by atoms with Gasteiger partial charge in [0, 0.05) is 11.1 Å². The van der Waals surface area contributed by atoms with Crippen LogP contribution in [0.15, 0.2) is 54.6 Å².